The minimum absolute atomic E-state index is 0. The first kappa shape index (κ1) is 22.0. The van der Waals surface area contributed by atoms with Gasteiger partial charge in [-0.1, -0.05) is 97.1 Å². The summed E-state index contributed by atoms with van der Waals surface area (Å²) in [5, 5.41) is 6.43. The average Bonchev–Trinajstić information content (AvgIpc) is 2.93. The van der Waals surface area contributed by atoms with Crippen LogP contribution in [-0.2, 0) is 21.1 Å². The monoisotopic (exact) mass is 653 g/mol. The van der Waals surface area contributed by atoms with Gasteiger partial charge in [-0.2, -0.15) is 11.0 Å². The zero-order chi connectivity index (χ0) is 23.6. The molecule has 4 nitrogen and oxygen atoms in total. The first-order valence-corrected chi connectivity index (χ1v) is 12.0. The predicted molar refractivity (Wildman–Crippen MR) is 149 cm³/mol. The Morgan fingerprint density at radius 2 is 0.784 bits per heavy atom. The molecule has 3 aromatic heterocycles. The van der Waals surface area contributed by atoms with Gasteiger partial charge in [0, 0.05) is 10.8 Å². The zero-order valence-electron chi connectivity index (χ0n) is 19.5. The van der Waals surface area contributed by atoms with Gasteiger partial charge in [0.05, 0.1) is 22.1 Å². The van der Waals surface area contributed by atoms with Crippen LogP contribution < -0.4 is 9.97 Å². The summed E-state index contributed by atoms with van der Waals surface area (Å²) in [6.45, 7) is 0. The van der Waals surface area contributed by atoms with Crippen molar-refractivity contribution in [1.82, 2.24) is 19.9 Å². The van der Waals surface area contributed by atoms with Crippen LogP contribution in [0.1, 0.15) is 0 Å². The van der Waals surface area contributed by atoms with Crippen molar-refractivity contribution in [3.63, 3.8) is 0 Å². The number of fused-ring (bicyclic) bond motifs is 4. The zero-order valence-corrected chi connectivity index (χ0v) is 21.8. The summed E-state index contributed by atoms with van der Waals surface area (Å²) in [7, 11) is 0. The number of rotatable bonds is 0. The van der Waals surface area contributed by atoms with E-state index in [1.165, 1.54) is 0 Å². The van der Waals surface area contributed by atoms with Crippen molar-refractivity contribution in [2.75, 3.05) is 0 Å². The van der Waals surface area contributed by atoms with Gasteiger partial charge in [0.1, 0.15) is 0 Å². The smallest absolute Gasteiger partial charge is 0.658 e. The van der Waals surface area contributed by atoms with Crippen LogP contribution >= 0.6 is 0 Å². The van der Waals surface area contributed by atoms with Crippen molar-refractivity contribution in [2.45, 2.75) is 0 Å². The Morgan fingerprint density at radius 3 is 1.27 bits per heavy atom. The van der Waals surface area contributed by atoms with Gasteiger partial charge in [0.15, 0.2) is 0 Å². The fraction of sp³-hybridized carbons (Fsp3) is 0. The second-order valence-corrected chi connectivity index (χ2v) is 9.13. The van der Waals surface area contributed by atoms with Crippen molar-refractivity contribution >= 4 is 76.5 Å². The minimum atomic E-state index is 0. The van der Waals surface area contributed by atoms with Gasteiger partial charge in [-0.25, -0.2) is 9.97 Å². The topological polar surface area (TPSA) is 54.0 Å². The number of pyridine rings is 2. The molecule has 0 spiro atoms. The summed E-state index contributed by atoms with van der Waals surface area (Å²) >= 11 is 0. The minimum Gasteiger partial charge on any atom is -0.658 e. The molecule has 176 valence electrons. The molecule has 8 rings (SSSR count). The average molecular weight is 654 g/mol. The summed E-state index contributed by atoms with van der Waals surface area (Å²) in [5.74, 6) is 0. The van der Waals surface area contributed by atoms with E-state index in [4.69, 9.17) is 19.9 Å². The molecule has 0 unspecified atom stereocenters. The molecule has 8 aromatic rings. The number of hydrogen-bond acceptors (Lipinski definition) is 2. The van der Waals surface area contributed by atoms with E-state index in [9.17, 15) is 0 Å². The molecule has 0 aliphatic heterocycles. The maximum absolute atomic E-state index is 5.15. The molecule has 0 atom stereocenters. The van der Waals surface area contributed by atoms with E-state index in [0.717, 1.165) is 76.5 Å². The van der Waals surface area contributed by atoms with Crippen LogP contribution in [0.5, 0.6) is 0 Å². The van der Waals surface area contributed by atoms with Gasteiger partial charge < -0.3 is 9.97 Å². The third-order valence-corrected chi connectivity index (χ3v) is 6.99. The summed E-state index contributed by atoms with van der Waals surface area (Å²) < 4.78 is 0. The Bertz CT molecular complexity index is 2070. The molecule has 4 bridgehead atoms. The fourth-order valence-corrected chi connectivity index (χ4v) is 5.26. The second kappa shape index (κ2) is 8.40. The van der Waals surface area contributed by atoms with E-state index in [2.05, 4.69) is 72.8 Å². The van der Waals surface area contributed by atoms with Gasteiger partial charge in [0.2, 0.25) is 0 Å². The molecular weight excluding hydrogens is 635 g/mol. The van der Waals surface area contributed by atoms with Crippen LogP contribution in [-0.4, -0.2) is 9.97 Å². The molecule has 5 aromatic carbocycles. The van der Waals surface area contributed by atoms with Gasteiger partial charge >= 0.3 is 21.1 Å². The summed E-state index contributed by atoms with van der Waals surface area (Å²) in [6.07, 6.45) is 0. The molecular formula is C32H18N4Pt. The standard InChI is InChI=1S/C32H18N4.Pt/c1-2-8-24-23(7-1)33-27-9-3-5-19-11-13-21-15-17-25(35-31(21)29(19)27)26-18-16-22-14-12-20-6-4-10-28(34-24)30(20)32(22)36-26;/h1-18H;/q-2;+2. The molecule has 0 aliphatic rings. The van der Waals surface area contributed by atoms with Crippen molar-refractivity contribution in [2.24, 2.45) is 0 Å². The van der Waals surface area contributed by atoms with Crippen LogP contribution in [0.3, 0.4) is 0 Å². The van der Waals surface area contributed by atoms with E-state index in [1.54, 1.807) is 0 Å². The third kappa shape index (κ3) is 3.41. The molecule has 0 amide bonds. The third-order valence-electron chi connectivity index (χ3n) is 6.99. The normalized spacial score (nSPS) is 11.6. The number of benzene rings is 5. The van der Waals surface area contributed by atoms with Gasteiger partial charge in [-0.3, -0.25) is 0 Å². The Hall–Kier alpha value is -4.27. The van der Waals surface area contributed by atoms with Gasteiger partial charge in [-0.15, -0.1) is 11.0 Å². The molecule has 0 radical (unpaired) electrons. The van der Waals surface area contributed by atoms with E-state index in [-0.39, 0.29) is 21.1 Å². The Labute approximate surface area is 225 Å². The van der Waals surface area contributed by atoms with E-state index in [0.29, 0.717) is 0 Å². The summed E-state index contributed by atoms with van der Waals surface area (Å²) in [6, 6.07) is 37.4. The molecule has 0 saturated carbocycles. The predicted octanol–water partition coefficient (Wildman–Crippen LogP) is 7.59. The van der Waals surface area contributed by atoms with Crippen LogP contribution in [0.25, 0.3) is 76.5 Å². The van der Waals surface area contributed by atoms with Crippen LogP contribution in [0.2, 0.25) is 0 Å². The number of hydrogen-bond donors (Lipinski definition) is 0. The van der Waals surface area contributed by atoms with Crippen LogP contribution in [0.4, 0.5) is 0 Å². The van der Waals surface area contributed by atoms with Crippen LogP contribution in [0.15, 0.2) is 109 Å². The first-order chi connectivity index (χ1) is 17.8. The van der Waals surface area contributed by atoms with Gasteiger partial charge in [0.25, 0.3) is 0 Å². The number of para-hydroxylation sites is 2. The number of aromatic nitrogens is 4. The first-order valence-electron chi connectivity index (χ1n) is 12.0. The van der Waals surface area contributed by atoms with Crippen LogP contribution in [0, 0.1) is 0 Å². The largest absolute Gasteiger partial charge is 2.00 e. The molecule has 0 fully saturated rings. The maximum atomic E-state index is 5.15. The Kier molecular flexibility index (Phi) is 4.99. The fourth-order valence-electron chi connectivity index (χ4n) is 5.26. The van der Waals surface area contributed by atoms with Crippen molar-refractivity contribution < 1.29 is 21.1 Å². The van der Waals surface area contributed by atoms with Crippen molar-refractivity contribution in [1.29, 1.82) is 0 Å². The SMILES string of the molecule is [Pt+2].c1ccc2[n-]c3cccc4ccc5ccc(nc5c43)c3ccc4ccc5cccc([n-]c2c1)c5c4n3. The summed E-state index contributed by atoms with van der Waals surface area (Å²) in [4.78, 5) is 20.6. The van der Waals surface area contributed by atoms with Gasteiger partial charge in [-0.05, 0) is 33.7 Å². The van der Waals surface area contributed by atoms with E-state index >= 15 is 0 Å². The second-order valence-electron chi connectivity index (χ2n) is 9.13. The quantitative estimate of drug-likeness (QED) is 0.158. The maximum Gasteiger partial charge on any atom is 2.00 e. The molecule has 3 heterocycles. The molecule has 5 heteroatoms. The van der Waals surface area contributed by atoms with Crippen molar-refractivity contribution in [3.8, 4) is 0 Å². The summed E-state index contributed by atoms with van der Waals surface area (Å²) in [5.41, 5.74) is 6.94. The van der Waals surface area contributed by atoms with E-state index < -0.39 is 0 Å². The molecule has 0 saturated heterocycles. The number of nitrogens with zero attached hydrogens (tertiary/aromatic N) is 4. The molecule has 0 N–H and O–H groups in total. The molecule has 37 heavy (non-hydrogen) atoms. The van der Waals surface area contributed by atoms with E-state index in [1.807, 2.05) is 36.4 Å². The Morgan fingerprint density at radius 1 is 0.378 bits per heavy atom. The van der Waals surface area contributed by atoms with Crippen molar-refractivity contribution in [3.05, 3.63) is 109 Å². The molecule has 0 aliphatic carbocycles. The Balaban J connectivity index is 0.00000231.